The minimum absolute atomic E-state index is 0.0322. The molecule has 0 unspecified atom stereocenters. The fraction of sp³-hybridized carbons (Fsp3) is 0.354. The zero-order valence-electron chi connectivity index (χ0n) is 38.5. The number of carbonyl (C=O) groups excluding carboxylic acids is 4. The number of amides is 4. The largest absolute Gasteiger partial charge is 0.482 e. The molecular formula is C48H48F3N9O7S2. The Balaban J connectivity index is 0.935. The SMILES string of the molecule is Cc1ncsc1-c1ccc([C@H](C)NC(=O)[C@@H]2C[C@@H](O)CN2C(=O)[C@@H](NC(=O)COc2ccc(Oc3ccc(N4C(=S)N(c5ccc(C#N)c(C(F)(F)F)c5)C(=O)C4(C)C)cn3)nc2)C(C)(C)C)cc1. The third-order valence-electron chi connectivity index (χ3n) is 11.7. The Morgan fingerprint density at radius 3 is 2.23 bits per heavy atom. The predicted molar refractivity (Wildman–Crippen MR) is 253 cm³/mol. The summed E-state index contributed by atoms with van der Waals surface area (Å²) in [5.74, 6) is -1.77. The molecule has 0 aliphatic carbocycles. The highest BCUT2D eigenvalue weighted by atomic mass is 32.1. The Labute approximate surface area is 405 Å². The molecule has 3 aromatic heterocycles. The minimum atomic E-state index is -4.84. The number of halogens is 3. The fourth-order valence-corrected chi connectivity index (χ4v) is 9.34. The van der Waals surface area contributed by atoms with Crippen LogP contribution in [0.2, 0.25) is 0 Å². The lowest BCUT2D eigenvalue weighted by atomic mass is 9.85. The Morgan fingerprint density at radius 2 is 1.65 bits per heavy atom. The standard InChI is InChI=1S/C48H48F3N9O7S2/c1-26(28-8-10-29(11-9-28)40-27(2)55-25-69-40)56-42(63)36-19-33(61)23-58(36)43(64)41(46(3,4)5)57-37(62)24-66-34-15-17-39(54-22-34)67-38-16-14-32(21-53-38)60-45(68)59(44(65)47(60,6)7)31-13-12-30(20-52)35(18-31)48(49,50)51/h8-18,21-22,25-26,33,36,41,61H,19,23-24H2,1-7H3,(H,56,63)(H,57,62)/t26-,33+,36-,41+/m0/s1. The van der Waals surface area contributed by atoms with E-state index in [1.54, 1.807) is 57.5 Å². The van der Waals surface area contributed by atoms with Crippen molar-refractivity contribution in [2.24, 2.45) is 5.41 Å². The highest BCUT2D eigenvalue weighted by molar-refractivity contribution is 7.81. The number of benzene rings is 2. The smallest absolute Gasteiger partial charge is 0.417 e. The zero-order chi connectivity index (χ0) is 50.2. The van der Waals surface area contributed by atoms with Gasteiger partial charge in [0.1, 0.15) is 23.4 Å². The van der Waals surface area contributed by atoms with Crippen LogP contribution >= 0.6 is 23.6 Å². The monoisotopic (exact) mass is 983 g/mol. The topological polar surface area (TPSA) is 203 Å². The lowest BCUT2D eigenvalue weighted by Gasteiger charge is -2.35. The molecule has 2 aliphatic heterocycles. The maximum absolute atomic E-state index is 14.1. The van der Waals surface area contributed by atoms with Gasteiger partial charge in [0.2, 0.25) is 23.6 Å². The quantitative estimate of drug-likeness (QED) is 0.0997. The first kappa shape index (κ1) is 49.9. The Morgan fingerprint density at radius 1 is 0.986 bits per heavy atom. The summed E-state index contributed by atoms with van der Waals surface area (Å²) in [6.45, 7) is 11.7. The van der Waals surface area contributed by atoms with E-state index in [2.05, 4.69) is 25.6 Å². The number of rotatable bonds is 13. The highest BCUT2D eigenvalue weighted by Crippen LogP contribution is 2.40. The van der Waals surface area contributed by atoms with Gasteiger partial charge in [-0.2, -0.15) is 18.4 Å². The summed E-state index contributed by atoms with van der Waals surface area (Å²) in [5.41, 5.74) is 0.874. The van der Waals surface area contributed by atoms with E-state index >= 15 is 0 Å². The normalized spacial score (nSPS) is 17.9. The van der Waals surface area contributed by atoms with Gasteiger partial charge in [-0.1, -0.05) is 45.0 Å². The van der Waals surface area contributed by atoms with E-state index in [0.29, 0.717) is 5.69 Å². The van der Waals surface area contributed by atoms with Gasteiger partial charge in [-0.25, -0.2) is 15.0 Å². The van der Waals surface area contributed by atoms with E-state index in [1.165, 1.54) is 52.5 Å². The first-order chi connectivity index (χ1) is 32.5. The van der Waals surface area contributed by atoms with Gasteiger partial charge in [-0.15, -0.1) is 11.3 Å². The number of likely N-dealkylation sites (tertiary alicyclic amines) is 1. The molecule has 21 heteroatoms. The molecule has 2 aliphatic rings. The molecule has 69 heavy (non-hydrogen) atoms. The first-order valence-electron chi connectivity index (χ1n) is 21.6. The number of aliphatic hydroxyl groups is 1. The van der Waals surface area contributed by atoms with Crippen LogP contribution in [0.5, 0.6) is 17.5 Å². The van der Waals surface area contributed by atoms with Crippen LogP contribution in [-0.2, 0) is 25.4 Å². The maximum Gasteiger partial charge on any atom is 0.417 e. The van der Waals surface area contributed by atoms with Crippen molar-refractivity contribution in [3.63, 3.8) is 0 Å². The molecule has 0 bridgehead atoms. The van der Waals surface area contributed by atoms with Gasteiger partial charge >= 0.3 is 6.18 Å². The van der Waals surface area contributed by atoms with E-state index in [1.807, 2.05) is 38.1 Å². The average molecular weight is 984 g/mol. The minimum Gasteiger partial charge on any atom is -0.482 e. The zero-order valence-corrected chi connectivity index (χ0v) is 40.1. The molecule has 16 nitrogen and oxygen atoms in total. The number of nitrogens with zero attached hydrogens (tertiary/aromatic N) is 7. The number of aliphatic hydroxyl groups excluding tert-OH is 1. The molecule has 4 amide bonds. The van der Waals surface area contributed by atoms with Gasteiger partial charge in [0.05, 0.1) is 69.2 Å². The summed E-state index contributed by atoms with van der Waals surface area (Å²) in [6, 6.07) is 15.8. The summed E-state index contributed by atoms with van der Waals surface area (Å²) < 4.78 is 52.7. The number of pyridine rings is 2. The number of carbonyl (C=O) groups is 4. The fourth-order valence-electron chi connectivity index (χ4n) is 8.01. The Bertz CT molecular complexity index is 2810. The van der Waals surface area contributed by atoms with Crippen LogP contribution in [0.1, 0.15) is 76.4 Å². The number of alkyl halides is 3. The van der Waals surface area contributed by atoms with Crippen molar-refractivity contribution in [1.82, 2.24) is 30.5 Å². The third kappa shape index (κ3) is 10.7. The maximum atomic E-state index is 14.1. The molecule has 0 radical (unpaired) electrons. The van der Waals surface area contributed by atoms with E-state index in [0.717, 1.165) is 38.7 Å². The van der Waals surface area contributed by atoms with Crippen LogP contribution in [0.3, 0.4) is 0 Å². The number of thiazole rings is 1. The molecule has 5 aromatic rings. The van der Waals surface area contributed by atoms with Gasteiger partial charge in [-0.3, -0.25) is 24.1 Å². The number of aromatic nitrogens is 3. The Kier molecular flexibility index (Phi) is 14.1. The molecule has 2 aromatic carbocycles. The summed E-state index contributed by atoms with van der Waals surface area (Å²) in [5, 5.41) is 25.5. The van der Waals surface area contributed by atoms with Crippen LogP contribution in [0, 0.1) is 23.7 Å². The second-order valence-corrected chi connectivity index (χ2v) is 19.3. The molecule has 4 atom stereocenters. The summed E-state index contributed by atoms with van der Waals surface area (Å²) in [7, 11) is 0. The van der Waals surface area contributed by atoms with Crippen LogP contribution in [-0.4, -0.2) is 90.6 Å². The Hall–Kier alpha value is -7.02. The molecule has 3 N–H and O–H groups in total. The van der Waals surface area contributed by atoms with Gasteiger partial charge in [0.25, 0.3) is 11.8 Å². The number of nitriles is 1. The lowest BCUT2D eigenvalue weighted by Crippen LogP contribution is -2.58. The first-order valence-corrected chi connectivity index (χ1v) is 22.9. The highest BCUT2D eigenvalue weighted by Gasteiger charge is 2.51. The van der Waals surface area contributed by atoms with Gasteiger partial charge in [0, 0.05) is 25.1 Å². The lowest BCUT2D eigenvalue weighted by molar-refractivity contribution is -0.144. The number of nitrogens with one attached hydrogen (secondary N) is 2. The molecule has 2 fully saturated rings. The van der Waals surface area contributed by atoms with E-state index in [9.17, 15) is 42.7 Å². The van der Waals surface area contributed by atoms with Crippen molar-refractivity contribution < 1.29 is 46.9 Å². The second kappa shape index (κ2) is 19.5. The summed E-state index contributed by atoms with van der Waals surface area (Å²) in [6.07, 6.45) is -3.06. The number of anilines is 2. The number of thiocarbonyl (C=S) groups is 1. The number of β-amino-alcohol motifs (C(OH)–C–C–N with tert-alkyl or cyclic N) is 1. The van der Waals surface area contributed by atoms with Crippen LogP contribution in [0.4, 0.5) is 24.5 Å². The van der Waals surface area contributed by atoms with Crippen molar-refractivity contribution in [1.29, 1.82) is 5.26 Å². The van der Waals surface area contributed by atoms with E-state index in [4.69, 9.17) is 21.7 Å². The van der Waals surface area contributed by atoms with Crippen molar-refractivity contribution in [3.05, 3.63) is 107 Å². The van der Waals surface area contributed by atoms with Crippen LogP contribution in [0.15, 0.2) is 84.6 Å². The van der Waals surface area contributed by atoms with Crippen molar-refractivity contribution >= 4 is 63.7 Å². The van der Waals surface area contributed by atoms with Crippen molar-refractivity contribution in [2.45, 2.75) is 90.8 Å². The molecule has 0 spiro atoms. The molecule has 0 saturated carbocycles. The van der Waals surface area contributed by atoms with Gasteiger partial charge < -0.3 is 35.0 Å². The molecule has 5 heterocycles. The number of hydrogen-bond acceptors (Lipinski definition) is 13. The number of aryl methyl sites for hydroxylation is 1. The number of hydrogen-bond donors (Lipinski definition) is 3. The summed E-state index contributed by atoms with van der Waals surface area (Å²) >= 11 is 7.15. The molecule has 360 valence electrons. The van der Waals surface area contributed by atoms with Crippen LogP contribution in [0.25, 0.3) is 10.4 Å². The molecule has 7 rings (SSSR count). The van der Waals surface area contributed by atoms with Crippen LogP contribution < -0.4 is 29.9 Å². The van der Waals surface area contributed by atoms with E-state index < -0.39 is 82.7 Å². The van der Waals surface area contributed by atoms with Crippen molar-refractivity contribution in [2.75, 3.05) is 23.0 Å². The molecular weight excluding hydrogens is 936 g/mol. The molecule has 2 saturated heterocycles. The second-order valence-electron chi connectivity index (χ2n) is 18.1. The average Bonchev–Trinajstić information content (AvgIpc) is 3.97. The van der Waals surface area contributed by atoms with Crippen molar-refractivity contribution in [3.8, 4) is 34.0 Å². The number of ether oxygens (including phenoxy) is 2. The summed E-state index contributed by atoms with van der Waals surface area (Å²) in [4.78, 5) is 72.3. The van der Waals surface area contributed by atoms with Gasteiger partial charge in [0.15, 0.2) is 11.7 Å². The third-order valence-corrected chi connectivity index (χ3v) is 13.0. The predicted octanol–water partition coefficient (Wildman–Crippen LogP) is 7.26. The van der Waals surface area contributed by atoms with Gasteiger partial charge in [-0.05, 0) is 86.8 Å². The van der Waals surface area contributed by atoms with E-state index in [-0.39, 0.29) is 41.3 Å².